The molecule has 0 N–H and O–H groups in total. The van der Waals surface area contributed by atoms with Crippen LogP contribution in [0.15, 0.2) is 48.8 Å². The average molecular weight is 370 g/mol. The summed E-state index contributed by atoms with van der Waals surface area (Å²) in [6.07, 6.45) is 3.49. The predicted molar refractivity (Wildman–Crippen MR) is 102 cm³/mol. The van der Waals surface area contributed by atoms with Gasteiger partial charge in [-0.2, -0.15) is 10.5 Å². The van der Waals surface area contributed by atoms with Gasteiger partial charge in [0.25, 0.3) is 0 Å². The number of hydrogen-bond acceptors (Lipinski definition) is 4. The van der Waals surface area contributed by atoms with Crippen molar-refractivity contribution in [3.05, 3.63) is 71.6 Å². The molecule has 4 rings (SSSR count). The highest BCUT2D eigenvalue weighted by Crippen LogP contribution is 2.24. The molecule has 0 fully saturated rings. The first-order valence-corrected chi connectivity index (χ1v) is 8.75. The summed E-state index contributed by atoms with van der Waals surface area (Å²) in [5.41, 5.74) is 2.80. The minimum Gasteiger partial charge on any atom is -0.327 e. The number of benzene rings is 2. The van der Waals surface area contributed by atoms with Crippen LogP contribution in [-0.4, -0.2) is 19.1 Å². The second-order valence-corrected chi connectivity index (χ2v) is 6.27. The highest BCUT2D eigenvalue weighted by atomic mass is 19.1. The third kappa shape index (κ3) is 2.89. The van der Waals surface area contributed by atoms with Gasteiger partial charge in [0.05, 0.1) is 28.7 Å². The molecule has 0 saturated heterocycles. The number of aryl methyl sites for hydroxylation is 1. The van der Waals surface area contributed by atoms with Crippen LogP contribution < -0.4 is 0 Å². The van der Waals surface area contributed by atoms with E-state index in [0.717, 1.165) is 11.3 Å². The Labute approximate surface area is 160 Å². The fraction of sp³-hybridized carbons (Fsp3) is 0.143. The van der Waals surface area contributed by atoms with Crippen LogP contribution >= 0.6 is 0 Å². The Bertz CT molecular complexity index is 1270. The SMILES string of the molecule is CCn1c(Cn2ccnc2-c2cccc(F)c2)nc2cc(C#N)c(C#N)cc21. The molecule has 2 aromatic heterocycles. The van der Waals surface area contributed by atoms with E-state index >= 15 is 0 Å². The normalized spacial score (nSPS) is 10.7. The van der Waals surface area contributed by atoms with Gasteiger partial charge in [-0.15, -0.1) is 0 Å². The molecule has 0 amide bonds. The van der Waals surface area contributed by atoms with E-state index in [2.05, 4.69) is 16.0 Å². The maximum atomic E-state index is 13.6. The van der Waals surface area contributed by atoms with Crippen molar-refractivity contribution in [3.8, 4) is 23.5 Å². The molecule has 136 valence electrons. The number of aromatic nitrogens is 4. The zero-order valence-electron chi connectivity index (χ0n) is 15.1. The van der Waals surface area contributed by atoms with Crippen molar-refractivity contribution in [2.45, 2.75) is 20.0 Å². The summed E-state index contributed by atoms with van der Waals surface area (Å²) in [5.74, 6) is 1.10. The van der Waals surface area contributed by atoms with Crippen LogP contribution in [0.1, 0.15) is 23.9 Å². The van der Waals surface area contributed by atoms with E-state index in [1.54, 1.807) is 24.4 Å². The van der Waals surface area contributed by atoms with Crippen LogP contribution in [0.5, 0.6) is 0 Å². The lowest BCUT2D eigenvalue weighted by Crippen LogP contribution is -2.08. The molecule has 7 heteroatoms. The van der Waals surface area contributed by atoms with Gasteiger partial charge in [0.2, 0.25) is 0 Å². The van der Waals surface area contributed by atoms with Crippen LogP contribution in [0.4, 0.5) is 4.39 Å². The van der Waals surface area contributed by atoms with E-state index in [0.29, 0.717) is 41.1 Å². The van der Waals surface area contributed by atoms with Crippen LogP contribution in [0, 0.1) is 28.5 Å². The average Bonchev–Trinajstić information content (AvgIpc) is 3.30. The number of imidazole rings is 2. The molecule has 0 atom stereocenters. The van der Waals surface area contributed by atoms with Gasteiger partial charge in [-0.05, 0) is 31.2 Å². The van der Waals surface area contributed by atoms with Crippen molar-refractivity contribution in [1.82, 2.24) is 19.1 Å². The van der Waals surface area contributed by atoms with E-state index < -0.39 is 0 Å². The lowest BCUT2D eigenvalue weighted by atomic mass is 10.1. The van der Waals surface area contributed by atoms with Gasteiger partial charge in [-0.1, -0.05) is 12.1 Å². The summed E-state index contributed by atoms with van der Waals surface area (Å²) >= 11 is 0. The number of nitrogens with zero attached hydrogens (tertiary/aromatic N) is 6. The highest BCUT2D eigenvalue weighted by Gasteiger charge is 2.15. The zero-order chi connectivity index (χ0) is 19.7. The Balaban J connectivity index is 1.81. The summed E-state index contributed by atoms with van der Waals surface area (Å²) in [6, 6.07) is 13.8. The van der Waals surface area contributed by atoms with Gasteiger partial charge in [0.1, 0.15) is 29.6 Å². The number of halogens is 1. The van der Waals surface area contributed by atoms with E-state index in [-0.39, 0.29) is 5.82 Å². The summed E-state index contributed by atoms with van der Waals surface area (Å²) in [7, 11) is 0. The largest absolute Gasteiger partial charge is 0.327 e. The van der Waals surface area contributed by atoms with E-state index in [1.807, 2.05) is 34.4 Å². The van der Waals surface area contributed by atoms with Crippen molar-refractivity contribution >= 4 is 11.0 Å². The molecule has 0 aliphatic carbocycles. The van der Waals surface area contributed by atoms with Crippen molar-refractivity contribution in [2.75, 3.05) is 0 Å². The van der Waals surface area contributed by atoms with Gasteiger partial charge < -0.3 is 9.13 Å². The second-order valence-electron chi connectivity index (χ2n) is 6.27. The monoisotopic (exact) mass is 370 g/mol. The molecule has 2 aromatic carbocycles. The third-order valence-electron chi connectivity index (χ3n) is 4.63. The molecule has 6 nitrogen and oxygen atoms in total. The first-order chi connectivity index (χ1) is 13.6. The Morgan fingerprint density at radius 2 is 1.89 bits per heavy atom. The second kappa shape index (κ2) is 6.98. The molecule has 28 heavy (non-hydrogen) atoms. The molecule has 4 aromatic rings. The highest BCUT2D eigenvalue weighted by molar-refractivity contribution is 5.80. The number of hydrogen-bond donors (Lipinski definition) is 0. The topological polar surface area (TPSA) is 83.2 Å². The van der Waals surface area contributed by atoms with Crippen molar-refractivity contribution in [1.29, 1.82) is 10.5 Å². The number of fused-ring (bicyclic) bond motifs is 1. The van der Waals surface area contributed by atoms with E-state index in [4.69, 9.17) is 0 Å². The summed E-state index contributed by atoms with van der Waals surface area (Å²) in [4.78, 5) is 9.04. The summed E-state index contributed by atoms with van der Waals surface area (Å²) in [5, 5.41) is 18.6. The van der Waals surface area contributed by atoms with Crippen molar-refractivity contribution in [2.24, 2.45) is 0 Å². The van der Waals surface area contributed by atoms with Crippen LogP contribution in [0.2, 0.25) is 0 Å². The Kier molecular flexibility index (Phi) is 4.35. The third-order valence-corrected chi connectivity index (χ3v) is 4.63. The summed E-state index contributed by atoms with van der Waals surface area (Å²) < 4.78 is 17.5. The van der Waals surface area contributed by atoms with Crippen LogP contribution in [-0.2, 0) is 13.1 Å². The molecule has 0 bridgehead atoms. The maximum absolute atomic E-state index is 13.6. The van der Waals surface area contributed by atoms with Crippen LogP contribution in [0.3, 0.4) is 0 Å². The Morgan fingerprint density at radius 3 is 2.61 bits per heavy atom. The summed E-state index contributed by atoms with van der Waals surface area (Å²) in [6.45, 7) is 3.08. The molecule has 0 spiro atoms. The fourth-order valence-electron chi connectivity index (χ4n) is 3.36. The van der Waals surface area contributed by atoms with Crippen LogP contribution in [0.25, 0.3) is 22.4 Å². The molecule has 0 unspecified atom stereocenters. The Morgan fingerprint density at radius 1 is 1.11 bits per heavy atom. The molecule has 0 radical (unpaired) electrons. The number of rotatable bonds is 4. The lowest BCUT2D eigenvalue weighted by molar-refractivity contribution is 0.627. The first-order valence-electron chi connectivity index (χ1n) is 8.75. The molecular formula is C21H15FN6. The molecule has 0 saturated carbocycles. The van der Waals surface area contributed by atoms with Gasteiger partial charge in [0, 0.05) is 24.5 Å². The van der Waals surface area contributed by atoms with Gasteiger partial charge in [-0.25, -0.2) is 14.4 Å². The van der Waals surface area contributed by atoms with Gasteiger partial charge >= 0.3 is 0 Å². The predicted octanol–water partition coefficient (Wildman–Crippen LogP) is 3.85. The van der Waals surface area contributed by atoms with Crippen molar-refractivity contribution in [3.63, 3.8) is 0 Å². The standard InChI is InChI=1S/C21H15FN6/c1-2-28-19-10-16(12-24)15(11-23)9-18(19)26-20(28)13-27-7-6-25-21(27)14-4-3-5-17(22)8-14/h3-10H,2,13H2,1H3. The van der Waals surface area contributed by atoms with Crippen molar-refractivity contribution < 1.29 is 4.39 Å². The molecule has 0 aliphatic heterocycles. The number of nitriles is 2. The van der Waals surface area contributed by atoms with E-state index in [1.165, 1.54) is 12.1 Å². The minimum atomic E-state index is -0.319. The van der Waals surface area contributed by atoms with Gasteiger partial charge in [0.15, 0.2) is 0 Å². The molecule has 0 aliphatic rings. The first kappa shape index (κ1) is 17.4. The Hall–Kier alpha value is -3.97. The zero-order valence-corrected chi connectivity index (χ0v) is 15.1. The smallest absolute Gasteiger partial charge is 0.140 e. The fourth-order valence-corrected chi connectivity index (χ4v) is 3.36. The quantitative estimate of drug-likeness (QED) is 0.546. The van der Waals surface area contributed by atoms with Gasteiger partial charge in [-0.3, -0.25) is 0 Å². The molecular weight excluding hydrogens is 355 g/mol. The molecule has 2 heterocycles. The minimum absolute atomic E-state index is 0.311. The van der Waals surface area contributed by atoms with E-state index in [9.17, 15) is 14.9 Å². The maximum Gasteiger partial charge on any atom is 0.140 e. The lowest BCUT2D eigenvalue weighted by Gasteiger charge is -2.10.